The van der Waals surface area contributed by atoms with Crippen LogP contribution in [0.4, 0.5) is 10.5 Å². The van der Waals surface area contributed by atoms with Crippen molar-refractivity contribution >= 4 is 23.3 Å². The molecule has 0 atom stereocenters. The van der Waals surface area contributed by atoms with Crippen molar-refractivity contribution < 1.29 is 9.21 Å². The number of oxazole rings is 1. The number of rotatable bonds is 4. The number of benzene rings is 2. The van der Waals surface area contributed by atoms with Crippen LogP contribution in [0.25, 0.3) is 11.5 Å². The van der Waals surface area contributed by atoms with Gasteiger partial charge in [0, 0.05) is 49.0 Å². The smallest absolute Gasteiger partial charge is 0.321 e. The largest absolute Gasteiger partial charge is 0.441 e. The van der Waals surface area contributed by atoms with Crippen LogP contribution in [0.3, 0.4) is 0 Å². The molecule has 2 aromatic carbocycles. The molecule has 0 bridgehead atoms. The van der Waals surface area contributed by atoms with Crippen molar-refractivity contribution in [1.29, 1.82) is 0 Å². The monoisotopic (exact) mass is 424 g/mol. The quantitative estimate of drug-likeness (QED) is 0.642. The van der Waals surface area contributed by atoms with Gasteiger partial charge in [0.15, 0.2) is 0 Å². The number of halogens is 1. The maximum absolute atomic E-state index is 12.6. The SMILES string of the molecule is Cc1ccc(NC(=O)N2CCN(Cc3nc(-c4ccccc4)oc3C)CC2)cc1Cl. The van der Waals surface area contributed by atoms with Gasteiger partial charge in [0.25, 0.3) is 0 Å². The van der Waals surface area contributed by atoms with Crippen LogP contribution in [0.2, 0.25) is 5.02 Å². The number of hydrogen-bond donors (Lipinski definition) is 1. The van der Waals surface area contributed by atoms with Gasteiger partial charge in [-0.15, -0.1) is 0 Å². The third-order valence-corrected chi connectivity index (χ3v) is 5.78. The molecule has 0 saturated carbocycles. The molecule has 2 heterocycles. The van der Waals surface area contributed by atoms with Crippen molar-refractivity contribution in [1.82, 2.24) is 14.8 Å². The number of nitrogens with zero attached hydrogens (tertiary/aromatic N) is 3. The maximum atomic E-state index is 12.6. The summed E-state index contributed by atoms with van der Waals surface area (Å²) in [5.74, 6) is 1.49. The number of nitrogens with one attached hydrogen (secondary N) is 1. The number of anilines is 1. The van der Waals surface area contributed by atoms with Crippen LogP contribution in [-0.2, 0) is 6.54 Å². The number of aromatic nitrogens is 1. The van der Waals surface area contributed by atoms with Gasteiger partial charge in [0.1, 0.15) is 5.76 Å². The topological polar surface area (TPSA) is 61.6 Å². The van der Waals surface area contributed by atoms with Gasteiger partial charge in [-0.25, -0.2) is 9.78 Å². The van der Waals surface area contributed by atoms with E-state index >= 15 is 0 Å². The summed E-state index contributed by atoms with van der Waals surface area (Å²) in [6.07, 6.45) is 0. The van der Waals surface area contributed by atoms with Crippen LogP contribution >= 0.6 is 11.6 Å². The third-order valence-electron chi connectivity index (χ3n) is 5.37. The summed E-state index contributed by atoms with van der Waals surface area (Å²) in [5, 5.41) is 3.58. The van der Waals surface area contributed by atoms with Gasteiger partial charge in [-0.3, -0.25) is 4.90 Å². The highest BCUT2D eigenvalue weighted by Gasteiger charge is 2.23. The number of piperazine rings is 1. The Balaban J connectivity index is 1.32. The van der Waals surface area contributed by atoms with Gasteiger partial charge in [-0.05, 0) is 43.7 Å². The van der Waals surface area contributed by atoms with Gasteiger partial charge in [-0.2, -0.15) is 0 Å². The van der Waals surface area contributed by atoms with E-state index in [1.165, 1.54) is 0 Å². The number of hydrogen-bond acceptors (Lipinski definition) is 4. The second kappa shape index (κ2) is 8.90. The van der Waals surface area contributed by atoms with E-state index in [0.717, 1.165) is 35.7 Å². The van der Waals surface area contributed by atoms with E-state index in [2.05, 4.69) is 15.2 Å². The molecule has 1 aromatic heterocycles. The summed E-state index contributed by atoms with van der Waals surface area (Å²) in [6.45, 7) is 7.49. The Morgan fingerprint density at radius 3 is 2.53 bits per heavy atom. The Labute approximate surface area is 181 Å². The minimum Gasteiger partial charge on any atom is -0.441 e. The van der Waals surface area contributed by atoms with Crippen molar-refractivity contribution in [2.75, 3.05) is 31.5 Å². The minimum atomic E-state index is -0.0986. The van der Waals surface area contributed by atoms with E-state index in [-0.39, 0.29) is 6.03 Å². The highest BCUT2D eigenvalue weighted by molar-refractivity contribution is 6.31. The molecule has 6 nitrogen and oxygen atoms in total. The molecular formula is C23H25ClN4O2. The maximum Gasteiger partial charge on any atom is 0.321 e. The Morgan fingerprint density at radius 2 is 1.83 bits per heavy atom. The summed E-state index contributed by atoms with van der Waals surface area (Å²) >= 11 is 6.15. The molecule has 2 amide bonds. The van der Waals surface area contributed by atoms with Crippen LogP contribution in [0.15, 0.2) is 52.9 Å². The molecule has 1 saturated heterocycles. The van der Waals surface area contributed by atoms with Crippen molar-refractivity contribution in [3.8, 4) is 11.5 Å². The summed E-state index contributed by atoms with van der Waals surface area (Å²) in [5.41, 5.74) is 3.62. The molecule has 3 aromatic rings. The summed E-state index contributed by atoms with van der Waals surface area (Å²) in [4.78, 5) is 21.4. The molecule has 0 radical (unpaired) electrons. The van der Waals surface area contributed by atoms with Crippen LogP contribution in [-0.4, -0.2) is 47.0 Å². The highest BCUT2D eigenvalue weighted by Crippen LogP contribution is 2.23. The molecule has 0 spiro atoms. The zero-order valence-corrected chi connectivity index (χ0v) is 17.9. The summed E-state index contributed by atoms with van der Waals surface area (Å²) in [7, 11) is 0. The van der Waals surface area contributed by atoms with Crippen LogP contribution in [0.1, 0.15) is 17.0 Å². The number of amides is 2. The van der Waals surface area contributed by atoms with E-state index in [0.29, 0.717) is 36.2 Å². The molecule has 1 aliphatic rings. The van der Waals surface area contributed by atoms with E-state index < -0.39 is 0 Å². The van der Waals surface area contributed by atoms with E-state index in [9.17, 15) is 4.79 Å². The standard InChI is InChI=1S/C23H25ClN4O2/c1-16-8-9-19(14-20(16)24)25-23(29)28-12-10-27(11-13-28)15-21-17(2)30-22(26-21)18-6-4-3-5-7-18/h3-9,14H,10-13,15H2,1-2H3,(H,25,29). The number of carbonyl (C=O) groups excluding carboxylic acids is 1. The highest BCUT2D eigenvalue weighted by atomic mass is 35.5. The summed E-state index contributed by atoms with van der Waals surface area (Å²) in [6, 6.07) is 15.4. The predicted molar refractivity (Wildman–Crippen MR) is 119 cm³/mol. The Morgan fingerprint density at radius 1 is 1.10 bits per heavy atom. The number of carbonyl (C=O) groups is 1. The molecule has 0 aliphatic carbocycles. The normalized spacial score (nSPS) is 14.7. The number of aryl methyl sites for hydroxylation is 2. The molecule has 1 N–H and O–H groups in total. The Bertz CT molecular complexity index is 1030. The first-order valence-corrected chi connectivity index (χ1v) is 10.4. The van der Waals surface area contributed by atoms with Gasteiger partial charge in [0.2, 0.25) is 5.89 Å². The second-order valence-corrected chi connectivity index (χ2v) is 7.95. The van der Waals surface area contributed by atoms with E-state index in [1.807, 2.05) is 61.2 Å². The fourth-order valence-corrected chi connectivity index (χ4v) is 3.65. The summed E-state index contributed by atoms with van der Waals surface area (Å²) < 4.78 is 5.86. The zero-order chi connectivity index (χ0) is 21.1. The van der Waals surface area contributed by atoms with Crippen molar-refractivity contribution in [2.24, 2.45) is 0 Å². The molecule has 4 rings (SSSR count). The molecule has 1 fully saturated rings. The fraction of sp³-hybridized carbons (Fsp3) is 0.304. The lowest BCUT2D eigenvalue weighted by Crippen LogP contribution is -2.49. The van der Waals surface area contributed by atoms with Gasteiger partial charge in [0.05, 0.1) is 5.69 Å². The lowest BCUT2D eigenvalue weighted by atomic mass is 10.2. The fourth-order valence-electron chi connectivity index (χ4n) is 3.47. The zero-order valence-electron chi connectivity index (χ0n) is 17.2. The lowest BCUT2D eigenvalue weighted by Gasteiger charge is -2.34. The van der Waals surface area contributed by atoms with Crippen molar-refractivity contribution in [3.05, 3.63) is 70.6 Å². The van der Waals surface area contributed by atoms with Crippen LogP contribution in [0.5, 0.6) is 0 Å². The molecule has 156 valence electrons. The third kappa shape index (κ3) is 4.66. The van der Waals surface area contributed by atoms with E-state index in [1.54, 1.807) is 6.07 Å². The first-order chi connectivity index (χ1) is 14.5. The molecule has 30 heavy (non-hydrogen) atoms. The van der Waals surface area contributed by atoms with Gasteiger partial charge in [-0.1, -0.05) is 35.9 Å². The van der Waals surface area contributed by atoms with Crippen molar-refractivity contribution in [3.63, 3.8) is 0 Å². The molecule has 1 aliphatic heterocycles. The van der Waals surface area contributed by atoms with Gasteiger partial charge >= 0.3 is 6.03 Å². The Kier molecular flexibility index (Phi) is 6.06. The van der Waals surface area contributed by atoms with Crippen LogP contribution < -0.4 is 5.32 Å². The van der Waals surface area contributed by atoms with E-state index in [4.69, 9.17) is 16.0 Å². The second-order valence-electron chi connectivity index (χ2n) is 7.55. The van der Waals surface area contributed by atoms with Gasteiger partial charge < -0.3 is 14.6 Å². The first-order valence-electron chi connectivity index (χ1n) is 10.1. The molecular weight excluding hydrogens is 400 g/mol. The molecule has 0 unspecified atom stereocenters. The average molecular weight is 425 g/mol. The lowest BCUT2D eigenvalue weighted by molar-refractivity contribution is 0.141. The Hall–Kier alpha value is -2.83. The van der Waals surface area contributed by atoms with Crippen molar-refractivity contribution in [2.45, 2.75) is 20.4 Å². The molecule has 7 heteroatoms. The number of urea groups is 1. The van der Waals surface area contributed by atoms with Crippen LogP contribution in [0, 0.1) is 13.8 Å². The predicted octanol–water partition coefficient (Wildman–Crippen LogP) is 4.96. The first kappa shape index (κ1) is 20.4. The minimum absolute atomic E-state index is 0.0986. The average Bonchev–Trinajstić information content (AvgIpc) is 3.12.